The van der Waals surface area contributed by atoms with E-state index in [0.717, 1.165) is 12.1 Å². The minimum atomic E-state index is -4.70. The van der Waals surface area contributed by atoms with E-state index in [1.807, 2.05) is 0 Å². The number of nitrogens with one attached hydrogen (secondary N) is 1. The van der Waals surface area contributed by atoms with Gasteiger partial charge in [-0.15, -0.1) is 0 Å². The van der Waals surface area contributed by atoms with Crippen LogP contribution in [-0.4, -0.2) is 33.8 Å². The van der Waals surface area contributed by atoms with Crippen LogP contribution >= 0.6 is 0 Å². The van der Waals surface area contributed by atoms with E-state index >= 15 is 0 Å². The van der Waals surface area contributed by atoms with Crippen LogP contribution in [0.4, 0.5) is 18.9 Å². The molecule has 0 amide bonds. The van der Waals surface area contributed by atoms with Crippen LogP contribution in [0, 0.1) is 0 Å². The first-order chi connectivity index (χ1) is 9.21. The molecule has 1 aromatic carbocycles. The molecule has 8 heteroatoms. The number of hydrogen-bond acceptors (Lipinski definition) is 3. The normalized spacial score (nSPS) is 13.0. The largest absolute Gasteiger partial charge is 0.478 e. The zero-order valence-corrected chi connectivity index (χ0v) is 11.5. The average molecular weight is 309 g/mol. The molecule has 0 aliphatic heterocycles. The zero-order valence-electron chi connectivity index (χ0n) is 10.7. The Morgan fingerprint density at radius 3 is 2.55 bits per heavy atom. The summed E-state index contributed by atoms with van der Waals surface area (Å²) in [4.78, 5) is 10.9. The number of carbonyl (C=O) groups is 1. The van der Waals surface area contributed by atoms with E-state index in [1.54, 1.807) is 6.26 Å². The van der Waals surface area contributed by atoms with Crippen molar-refractivity contribution in [3.63, 3.8) is 0 Å². The third-order valence-electron chi connectivity index (χ3n) is 2.49. The number of halogens is 3. The molecule has 1 aromatic rings. The Labute approximate surface area is 116 Å². The highest BCUT2D eigenvalue weighted by Crippen LogP contribution is 2.33. The van der Waals surface area contributed by atoms with E-state index in [1.165, 1.54) is 6.07 Å². The van der Waals surface area contributed by atoms with Gasteiger partial charge in [-0.2, -0.15) is 13.2 Å². The molecule has 0 aliphatic carbocycles. The fourth-order valence-corrected chi connectivity index (χ4v) is 2.14. The molecular formula is C12H14F3NO3S. The predicted molar refractivity (Wildman–Crippen MR) is 70.4 cm³/mol. The second kappa shape index (κ2) is 6.74. The standard InChI is InChI=1S/C12H14F3NO3S/c1-20(19)6-2-5-16-8-3-4-10(12(13,14)15)9(7-8)11(17)18/h3-4,7,16H,2,5-6H2,1H3,(H,17,18). The fourth-order valence-electron chi connectivity index (χ4n) is 1.59. The number of aromatic carboxylic acids is 1. The van der Waals surface area contributed by atoms with Gasteiger partial charge in [-0.1, -0.05) is 0 Å². The monoisotopic (exact) mass is 309 g/mol. The molecular weight excluding hydrogens is 295 g/mol. The number of alkyl halides is 3. The second-order valence-electron chi connectivity index (χ2n) is 4.12. The van der Waals surface area contributed by atoms with E-state index in [0.29, 0.717) is 18.7 Å². The summed E-state index contributed by atoms with van der Waals surface area (Å²) in [5.41, 5.74) is -1.68. The summed E-state index contributed by atoms with van der Waals surface area (Å²) in [6, 6.07) is 2.87. The van der Waals surface area contributed by atoms with Gasteiger partial charge in [0.05, 0.1) is 11.1 Å². The van der Waals surface area contributed by atoms with E-state index in [-0.39, 0.29) is 5.69 Å². The second-order valence-corrected chi connectivity index (χ2v) is 5.68. The lowest BCUT2D eigenvalue weighted by Gasteiger charge is -2.12. The van der Waals surface area contributed by atoms with Crippen LogP contribution in [0.3, 0.4) is 0 Å². The third kappa shape index (κ3) is 4.84. The molecule has 20 heavy (non-hydrogen) atoms. The van der Waals surface area contributed by atoms with Crippen molar-refractivity contribution in [3.8, 4) is 0 Å². The van der Waals surface area contributed by atoms with Gasteiger partial charge in [-0.3, -0.25) is 4.21 Å². The summed E-state index contributed by atoms with van der Waals surface area (Å²) in [5, 5.41) is 11.6. The molecule has 0 radical (unpaired) electrons. The minimum Gasteiger partial charge on any atom is -0.478 e. The number of carboxylic acids is 1. The summed E-state index contributed by atoms with van der Waals surface area (Å²) in [6.45, 7) is 0.407. The van der Waals surface area contributed by atoms with Crippen molar-refractivity contribution in [2.24, 2.45) is 0 Å². The highest BCUT2D eigenvalue weighted by Gasteiger charge is 2.35. The van der Waals surface area contributed by atoms with Crippen molar-refractivity contribution < 1.29 is 27.3 Å². The molecule has 0 saturated carbocycles. The quantitative estimate of drug-likeness (QED) is 0.793. The Kier molecular flexibility index (Phi) is 5.55. The smallest absolute Gasteiger partial charge is 0.417 e. The predicted octanol–water partition coefficient (Wildman–Crippen LogP) is 2.58. The van der Waals surface area contributed by atoms with Crippen molar-refractivity contribution >= 4 is 22.5 Å². The molecule has 0 spiro atoms. The van der Waals surface area contributed by atoms with Crippen molar-refractivity contribution in [2.45, 2.75) is 12.6 Å². The van der Waals surface area contributed by atoms with E-state index < -0.39 is 34.1 Å². The van der Waals surface area contributed by atoms with Gasteiger partial charge in [0, 0.05) is 35.0 Å². The van der Waals surface area contributed by atoms with Gasteiger partial charge in [0.2, 0.25) is 0 Å². The van der Waals surface area contributed by atoms with Gasteiger partial charge < -0.3 is 10.4 Å². The van der Waals surface area contributed by atoms with Gasteiger partial charge in [0.15, 0.2) is 0 Å². The lowest BCUT2D eigenvalue weighted by Crippen LogP contribution is -2.14. The molecule has 0 bridgehead atoms. The molecule has 0 saturated heterocycles. The van der Waals surface area contributed by atoms with E-state index in [9.17, 15) is 22.2 Å². The number of rotatable bonds is 6. The van der Waals surface area contributed by atoms with Crippen LogP contribution in [0.2, 0.25) is 0 Å². The van der Waals surface area contributed by atoms with Crippen molar-refractivity contribution in [3.05, 3.63) is 29.3 Å². The highest BCUT2D eigenvalue weighted by molar-refractivity contribution is 7.84. The maximum absolute atomic E-state index is 12.6. The average Bonchev–Trinajstić information content (AvgIpc) is 2.33. The molecule has 0 heterocycles. The van der Waals surface area contributed by atoms with Crippen LogP contribution < -0.4 is 5.32 Å². The number of benzene rings is 1. The Hall–Kier alpha value is -1.57. The molecule has 2 N–H and O–H groups in total. The zero-order chi connectivity index (χ0) is 15.3. The van der Waals surface area contributed by atoms with E-state index in [2.05, 4.69) is 5.32 Å². The molecule has 1 unspecified atom stereocenters. The molecule has 4 nitrogen and oxygen atoms in total. The molecule has 1 rings (SSSR count). The van der Waals surface area contributed by atoms with Gasteiger partial charge in [-0.25, -0.2) is 4.79 Å². The Bertz CT molecular complexity index is 517. The summed E-state index contributed by atoms with van der Waals surface area (Å²) >= 11 is 0. The summed E-state index contributed by atoms with van der Waals surface area (Å²) in [6.07, 6.45) is -2.57. The third-order valence-corrected chi connectivity index (χ3v) is 3.36. The molecule has 0 fully saturated rings. The topological polar surface area (TPSA) is 66.4 Å². The van der Waals surface area contributed by atoms with Gasteiger partial charge in [0.1, 0.15) is 0 Å². The highest BCUT2D eigenvalue weighted by atomic mass is 32.2. The summed E-state index contributed by atoms with van der Waals surface area (Å²) in [7, 11) is -0.933. The first-order valence-corrected chi connectivity index (χ1v) is 7.43. The Balaban J connectivity index is 2.83. The van der Waals surface area contributed by atoms with Crippen LogP contribution in [0.5, 0.6) is 0 Å². The van der Waals surface area contributed by atoms with E-state index in [4.69, 9.17) is 5.11 Å². The van der Waals surface area contributed by atoms with Gasteiger partial charge in [-0.05, 0) is 24.6 Å². The Morgan fingerprint density at radius 1 is 1.40 bits per heavy atom. The lowest BCUT2D eigenvalue weighted by atomic mass is 10.1. The fraction of sp³-hybridized carbons (Fsp3) is 0.417. The Morgan fingerprint density at radius 2 is 2.05 bits per heavy atom. The molecule has 0 aliphatic rings. The maximum Gasteiger partial charge on any atom is 0.417 e. The first kappa shape index (κ1) is 16.5. The summed E-state index contributed by atoms with van der Waals surface area (Å²) < 4.78 is 48.7. The van der Waals surface area contributed by atoms with Crippen molar-refractivity contribution in [2.75, 3.05) is 23.9 Å². The van der Waals surface area contributed by atoms with Crippen LogP contribution in [-0.2, 0) is 17.0 Å². The SMILES string of the molecule is CS(=O)CCCNc1ccc(C(F)(F)F)c(C(=O)O)c1. The minimum absolute atomic E-state index is 0.289. The first-order valence-electron chi connectivity index (χ1n) is 5.70. The molecule has 112 valence electrons. The number of hydrogen-bond donors (Lipinski definition) is 2. The number of carboxylic acid groups (broad SMARTS) is 1. The van der Waals surface area contributed by atoms with Crippen LogP contribution in [0.1, 0.15) is 22.3 Å². The van der Waals surface area contributed by atoms with Gasteiger partial charge in [0.25, 0.3) is 0 Å². The number of anilines is 1. The molecule has 0 aromatic heterocycles. The van der Waals surface area contributed by atoms with Gasteiger partial charge >= 0.3 is 12.1 Å². The van der Waals surface area contributed by atoms with Crippen LogP contribution in [0.25, 0.3) is 0 Å². The summed E-state index contributed by atoms with van der Waals surface area (Å²) in [5.74, 6) is -1.16. The maximum atomic E-state index is 12.6. The van der Waals surface area contributed by atoms with Crippen molar-refractivity contribution in [1.29, 1.82) is 0 Å². The van der Waals surface area contributed by atoms with Crippen molar-refractivity contribution in [1.82, 2.24) is 0 Å². The van der Waals surface area contributed by atoms with Crippen LogP contribution in [0.15, 0.2) is 18.2 Å². The lowest BCUT2D eigenvalue weighted by molar-refractivity contribution is -0.138. The molecule has 1 atom stereocenters.